The Bertz CT molecular complexity index is 853. The largest absolute Gasteiger partial charge is 0.478 e. The monoisotopic (exact) mass is 306 g/mol. The molecule has 0 heterocycles. The first-order valence-electron chi connectivity index (χ1n) is 7.25. The fourth-order valence-corrected chi connectivity index (χ4v) is 2.73. The molecule has 1 N–H and O–H groups in total. The molecule has 0 aromatic heterocycles. The number of aryl methyl sites for hydroxylation is 1. The van der Waals surface area contributed by atoms with Crippen molar-refractivity contribution in [3.63, 3.8) is 0 Å². The molecule has 0 aliphatic rings. The summed E-state index contributed by atoms with van der Waals surface area (Å²) in [6.07, 6.45) is 0. The molecule has 2 nitrogen and oxygen atoms in total. The molecule has 3 aromatic carbocycles. The standard InChI is InChI=1S/C20H15FO2/c1-13-11-16(14-5-3-2-4-6-14)12-18(19(13)20(22)23)15-7-9-17(21)10-8-15/h2-12H,1H3,(H,22,23). The number of halogens is 1. The smallest absolute Gasteiger partial charge is 0.336 e. The first kappa shape index (κ1) is 15.0. The van der Waals surface area contributed by atoms with Gasteiger partial charge >= 0.3 is 5.97 Å². The quantitative estimate of drug-likeness (QED) is 0.725. The van der Waals surface area contributed by atoms with Crippen molar-refractivity contribution in [2.75, 3.05) is 0 Å². The van der Waals surface area contributed by atoms with Gasteiger partial charge in [-0.3, -0.25) is 0 Å². The highest BCUT2D eigenvalue weighted by molar-refractivity contribution is 5.99. The lowest BCUT2D eigenvalue weighted by Crippen LogP contribution is -2.03. The molecule has 0 saturated carbocycles. The lowest BCUT2D eigenvalue weighted by Gasteiger charge is -2.13. The van der Waals surface area contributed by atoms with E-state index in [1.54, 1.807) is 19.1 Å². The molecule has 0 fully saturated rings. The minimum Gasteiger partial charge on any atom is -0.478 e. The van der Waals surface area contributed by atoms with Crippen molar-refractivity contribution in [1.29, 1.82) is 0 Å². The first-order chi connectivity index (χ1) is 11.1. The van der Waals surface area contributed by atoms with Gasteiger partial charge in [0.05, 0.1) is 5.56 Å². The molecule has 3 heteroatoms. The maximum Gasteiger partial charge on any atom is 0.336 e. The van der Waals surface area contributed by atoms with Crippen molar-refractivity contribution in [1.82, 2.24) is 0 Å². The van der Waals surface area contributed by atoms with Gasteiger partial charge in [-0.15, -0.1) is 0 Å². The molecular weight excluding hydrogens is 291 g/mol. The zero-order valence-corrected chi connectivity index (χ0v) is 12.6. The van der Waals surface area contributed by atoms with E-state index in [9.17, 15) is 14.3 Å². The van der Waals surface area contributed by atoms with E-state index < -0.39 is 5.97 Å². The molecule has 0 atom stereocenters. The topological polar surface area (TPSA) is 37.3 Å². The predicted octanol–water partition coefficient (Wildman–Crippen LogP) is 5.17. The fraction of sp³-hybridized carbons (Fsp3) is 0.0500. The Morgan fingerprint density at radius 3 is 2.13 bits per heavy atom. The number of hydrogen-bond acceptors (Lipinski definition) is 1. The molecular formula is C20H15FO2. The molecule has 0 saturated heterocycles. The van der Waals surface area contributed by atoms with Crippen molar-refractivity contribution < 1.29 is 14.3 Å². The molecule has 0 aliphatic carbocycles. The van der Waals surface area contributed by atoms with E-state index in [0.717, 1.165) is 11.1 Å². The second kappa shape index (κ2) is 6.05. The normalized spacial score (nSPS) is 10.5. The van der Waals surface area contributed by atoms with Gasteiger partial charge in [-0.1, -0.05) is 48.5 Å². The SMILES string of the molecule is Cc1cc(-c2ccccc2)cc(-c2ccc(F)cc2)c1C(=O)O. The van der Waals surface area contributed by atoms with Crippen LogP contribution in [0.15, 0.2) is 66.7 Å². The minimum atomic E-state index is -0.985. The van der Waals surface area contributed by atoms with Crippen LogP contribution < -0.4 is 0 Å². The summed E-state index contributed by atoms with van der Waals surface area (Å²) >= 11 is 0. The second-order valence-corrected chi connectivity index (χ2v) is 5.39. The number of carboxylic acids is 1. The highest BCUT2D eigenvalue weighted by atomic mass is 19.1. The van der Waals surface area contributed by atoms with E-state index in [1.165, 1.54) is 12.1 Å². The minimum absolute atomic E-state index is 0.247. The number of aromatic carboxylic acids is 1. The molecule has 0 spiro atoms. The summed E-state index contributed by atoms with van der Waals surface area (Å²) in [6.45, 7) is 1.78. The molecule has 0 radical (unpaired) electrons. The first-order valence-corrected chi connectivity index (χ1v) is 7.25. The molecule has 0 bridgehead atoms. The average molecular weight is 306 g/mol. The zero-order chi connectivity index (χ0) is 16.4. The molecule has 3 aromatic rings. The van der Waals surface area contributed by atoms with Crippen molar-refractivity contribution in [2.24, 2.45) is 0 Å². The van der Waals surface area contributed by atoms with Gasteiger partial charge in [-0.2, -0.15) is 0 Å². The number of hydrogen-bond donors (Lipinski definition) is 1. The highest BCUT2D eigenvalue weighted by Crippen LogP contribution is 2.32. The molecule has 23 heavy (non-hydrogen) atoms. The van der Waals surface area contributed by atoms with Gasteiger partial charge in [0, 0.05) is 0 Å². The van der Waals surface area contributed by atoms with Gasteiger partial charge in [0.25, 0.3) is 0 Å². The van der Waals surface area contributed by atoms with Crippen molar-refractivity contribution in [3.8, 4) is 22.3 Å². The van der Waals surface area contributed by atoms with Gasteiger partial charge in [-0.25, -0.2) is 9.18 Å². The van der Waals surface area contributed by atoms with E-state index in [4.69, 9.17) is 0 Å². The molecule has 0 aliphatic heterocycles. The van der Waals surface area contributed by atoms with E-state index in [0.29, 0.717) is 16.7 Å². The van der Waals surface area contributed by atoms with Crippen LogP contribution in [0.3, 0.4) is 0 Å². The summed E-state index contributed by atoms with van der Waals surface area (Å²) in [7, 11) is 0. The van der Waals surface area contributed by atoms with Gasteiger partial charge in [0.15, 0.2) is 0 Å². The number of carboxylic acid groups (broad SMARTS) is 1. The summed E-state index contributed by atoms with van der Waals surface area (Å²) in [5.41, 5.74) is 4.15. The summed E-state index contributed by atoms with van der Waals surface area (Å²) in [6, 6.07) is 19.4. The third-order valence-corrected chi connectivity index (χ3v) is 3.81. The van der Waals surface area contributed by atoms with Gasteiger partial charge in [0.2, 0.25) is 0 Å². The molecule has 0 amide bonds. The molecule has 114 valence electrons. The van der Waals surface area contributed by atoms with Gasteiger partial charge in [0.1, 0.15) is 5.82 Å². The molecule has 3 rings (SSSR count). The van der Waals surface area contributed by atoms with Crippen molar-refractivity contribution in [2.45, 2.75) is 6.92 Å². The lowest BCUT2D eigenvalue weighted by molar-refractivity contribution is 0.0697. The van der Waals surface area contributed by atoms with Gasteiger partial charge in [-0.05, 0) is 52.9 Å². The Labute approximate surface area is 133 Å². The summed E-state index contributed by atoms with van der Waals surface area (Å²) < 4.78 is 13.2. The highest BCUT2D eigenvalue weighted by Gasteiger charge is 2.16. The number of carbonyl (C=O) groups is 1. The number of benzene rings is 3. The third-order valence-electron chi connectivity index (χ3n) is 3.81. The third kappa shape index (κ3) is 2.99. The van der Waals surface area contributed by atoms with Crippen molar-refractivity contribution >= 4 is 5.97 Å². The van der Waals surface area contributed by atoms with Crippen molar-refractivity contribution in [3.05, 3.63) is 83.7 Å². The fourth-order valence-electron chi connectivity index (χ4n) is 2.73. The Hall–Kier alpha value is -2.94. The average Bonchev–Trinajstić information content (AvgIpc) is 2.55. The van der Waals surface area contributed by atoms with Crippen LogP contribution in [0.1, 0.15) is 15.9 Å². The van der Waals surface area contributed by atoms with Crippen LogP contribution in [0.5, 0.6) is 0 Å². The maximum atomic E-state index is 13.2. The van der Waals surface area contributed by atoms with E-state index in [2.05, 4.69) is 0 Å². The van der Waals surface area contributed by atoms with Crippen LogP contribution in [0, 0.1) is 12.7 Å². The summed E-state index contributed by atoms with van der Waals surface area (Å²) in [5, 5.41) is 9.55. The summed E-state index contributed by atoms with van der Waals surface area (Å²) in [4.78, 5) is 11.7. The zero-order valence-electron chi connectivity index (χ0n) is 12.6. The van der Waals surface area contributed by atoms with E-state index >= 15 is 0 Å². The maximum absolute atomic E-state index is 13.2. The van der Waals surface area contributed by atoms with Crippen LogP contribution in [0.25, 0.3) is 22.3 Å². The number of rotatable bonds is 3. The van der Waals surface area contributed by atoms with Crippen LogP contribution in [-0.2, 0) is 0 Å². The van der Waals surface area contributed by atoms with Crippen LogP contribution in [-0.4, -0.2) is 11.1 Å². The Morgan fingerprint density at radius 2 is 1.52 bits per heavy atom. The lowest BCUT2D eigenvalue weighted by atomic mass is 9.91. The Morgan fingerprint density at radius 1 is 0.870 bits per heavy atom. The van der Waals surface area contributed by atoms with Crippen LogP contribution in [0.4, 0.5) is 4.39 Å². The Kier molecular flexibility index (Phi) is 3.94. The van der Waals surface area contributed by atoms with E-state index in [-0.39, 0.29) is 11.4 Å². The van der Waals surface area contributed by atoms with Crippen LogP contribution >= 0.6 is 0 Å². The molecule has 0 unspecified atom stereocenters. The Balaban J connectivity index is 2.25. The second-order valence-electron chi connectivity index (χ2n) is 5.39. The van der Waals surface area contributed by atoms with E-state index in [1.807, 2.05) is 42.5 Å². The summed E-state index contributed by atoms with van der Waals surface area (Å²) in [5.74, 6) is -1.33. The van der Waals surface area contributed by atoms with Crippen LogP contribution in [0.2, 0.25) is 0 Å². The van der Waals surface area contributed by atoms with Gasteiger partial charge < -0.3 is 5.11 Å². The predicted molar refractivity (Wildman–Crippen MR) is 89.0 cm³/mol.